The maximum atomic E-state index is 9.48. The molecular weight excluding hydrogens is 659 g/mol. The van der Waals surface area contributed by atoms with Crippen molar-refractivity contribution in [3.8, 4) is 84.7 Å². The Morgan fingerprint density at radius 1 is 0.370 bits per heavy atom. The zero-order valence-electron chi connectivity index (χ0n) is 29.1. The fourth-order valence-electron chi connectivity index (χ4n) is 6.92. The monoisotopic (exact) mass is 689 g/mol. The molecule has 0 saturated carbocycles. The zero-order valence-corrected chi connectivity index (χ0v) is 29.1. The van der Waals surface area contributed by atoms with Gasteiger partial charge in [0.1, 0.15) is 0 Å². The van der Waals surface area contributed by atoms with Crippen LogP contribution in [0.1, 0.15) is 5.56 Å². The van der Waals surface area contributed by atoms with Crippen LogP contribution in [0.3, 0.4) is 0 Å². The second-order valence-corrected chi connectivity index (χ2v) is 13.0. The average Bonchev–Trinajstić information content (AvgIpc) is 3.26. The molecule has 0 N–H and O–H groups in total. The van der Waals surface area contributed by atoms with Crippen LogP contribution in [0.5, 0.6) is 0 Å². The van der Waals surface area contributed by atoms with Gasteiger partial charge in [0.2, 0.25) is 0 Å². The van der Waals surface area contributed by atoms with Crippen LogP contribution >= 0.6 is 0 Å². The van der Waals surface area contributed by atoms with E-state index in [1.807, 2.05) is 91.1 Å². The number of hydrogen-bond acceptors (Lipinski definition) is 5. The molecule has 7 aromatic carbocycles. The van der Waals surface area contributed by atoms with Crippen LogP contribution in [-0.2, 0) is 0 Å². The van der Waals surface area contributed by atoms with Crippen LogP contribution in [0.4, 0.5) is 0 Å². The van der Waals surface area contributed by atoms with Gasteiger partial charge >= 0.3 is 0 Å². The van der Waals surface area contributed by atoms with Gasteiger partial charge in [-0.3, -0.25) is 4.98 Å². The maximum Gasteiger partial charge on any atom is 0.164 e. The van der Waals surface area contributed by atoms with Gasteiger partial charge < -0.3 is 0 Å². The van der Waals surface area contributed by atoms with Crippen LogP contribution in [0, 0.1) is 11.3 Å². The number of nitriles is 1. The van der Waals surface area contributed by atoms with E-state index in [2.05, 4.69) is 103 Å². The van der Waals surface area contributed by atoms with Crippen molar-refractivity contribution in [1.29, 1.82) is 5.26 Å². The first kappa shape index (κ1) is 32.4. The van der Waals surface area contributed by atoms with Gasteiger partial charge in [0.25, 0.3) is 0 Å². The molecule has 0 radical (unpaired) electrons. The first-order valence-electron chi connectivity index (χ1n) is 17.8. The van der Waals surface area contributed by atoms with Gasteiger partial charge in [-0.2, -0.15) is 5.26 Å². The molecule has 252 valence electrons. The molecule has 0 saturated heterocycles. The average molecular weight is 690 g/mol. The van der Waals surface area contributed by atoms with Gasteiger partial charge in [-0.1, -0.05) is 152 Å². The van der Waals surface area contributed by atoms with E-state index in [0.717, 1.165) is 61.0 Å². The number of fused-ring (bicyclic) bond motifs is 1. The number of aromatic nitrogens is 4. The molecule has 0 amide bonds. The highest BCUT2D eigenvalue weighted by molar-refractivity contribution is 6.03. The number of hydrogen-bond donors (Lipinski definition) is 0. The summed E-state index contributed by atoms with van der Waals surface area (Å²) in [6.07, 6.45) is 1.84. The lowest BCUT2D eigenvalue weighted by Crippen LogP contribution is -2.00. The molecule has 5 nitrogen and oxygen atoms in total. The third-order valence-electron chi connectivity index (χ3n) is 9.63. The minimum absolute atomic E-state index is 0.572. The van der Waals surface area contributed by atoms with Crippen molar-refractivity contribution in [3.63, 3.8) is 0 Å². The van der Waals surface area contributed by atoms with E-state index >= 15 is 0 Å². The Balaban J connectivity index is 1.13. The van der Waals surface area contributed by atoms with Crippen molar-refractivity contribution in [1.82, 2.24) is 19.9 Å². The highest BCUT2D eigenvalue weighted by atomic mass is 15.0. The predicted octanol–water partition coefficient (Wildman–Crippen LogP) is 12.0. The molecule has 0 bridgehead atoms. The minimum atomic E-state index is 0.572. The maximum absolute atomic E-state index is 9.48. The van der Waals surface area contributed by atoms with Crippen LogP contribution in [0.2, 0.25) is 0 Å². The Kier molecular flexibility index (Phi) is 8.53. The highest BCUT2D eigenvalue weighted by Crippen LogP contribution is 2.39. The predicted molar refractivity (Wildman–Crippen MR) is 218 cm³/mol. The summed E-state index contributed by atoms with van der Waals surface area (Å²) in [5.74, 6) is 1.75. The molecule has 0 aliphatic heterocycles. The minimum Gasteiger partial charge on any atom is -0.256 e. The Morgan fingerprint density at radius 2 is 0.889 bits per heavy atom. The third-order valence-corrected chi connectivity index (χ3v) is 9.63. The summed E-state index contributed by atoms with van der Waals surface area (Å²) in [5.41, 5.74) is 13.0. The highest BCUT2D eigenvalue weighted by Gasteiger charge is 2.16. The van der Waals surface area contributed by atoms with E-state index in [1.54, 1.807) is 0 Å². The molecule has 0 atom stereocenters. The number of rotatable bonds is 7. The van der Waals surface area contributed by atoms with Gasteiger partial charge in [-0.05, 0) is 74.8 Å². The third kappa shape index (κ3) is 6.41. The van der Waals surface area contributed by atoms with Gasteiger partial charge in [0, 0.05) is 28.3 Å². The molecule has 2 heterocycles. The standard InChI is InChI=1S/C49H31N5/c50-32-33-10-7-15-40(30-33)41-16-8-17-42(31-41)49-53-47(38-13-5-2-6-14-38)52-48(54-49)39-25-23-37(24-26-39)46-43(27-28-45-44(46)18-9-29-51-45)36-21-19-35(20-22-36)34-11-3-1-4-12-34/h1-31H. The van der Waals surface area contributed by atoms with E-state index in [4.69, 9.17) is 19.9 Å². The molecule has 0 spiro atoms. The lowest BCUT2D eigenvalue weighted by molar-refractivity contribution is 1.07. The SMILES string of the molecule is N#Cc1cccc(-c2cccc(-c3nc(-c4ccccc4)nc(-c4ccc(-c5c(-c6ccc(-c7ccccc7)cc6)ccc6ncccc56)cc4)n3)c2)c1. The second kappa shape index (κ2) is 14.2. The van der Waals surface area contributed by atoms with Crippen LogP contribution in [0.15, 0.2) is 188 Å². The summed E-state index contributed by atoms with van der Waals surface area (Å²) in [7, 11) is 0. The second-order valence-electron chi connectivity index (χ2n) is 13.0. The molecular formula is C49H31N5. The van der Waals surface area contributed by atoms with E-state index in [0.29, 0.717) is 23.0 Å². The largest absolute Gasteiger partial charge is 0.256 e. The van der Waals surface area contributed by atoms with E-state index in [9.17, 15) is 5.26 Å². The number of benzene rings is 7. The molecule has 9 rings (SSSR count). The normalized spacial score (nSPS) is 10.9. The Hall–Kier alpha value is -7.55. The molecule has 0 fully saturated rings. The Labute approximate surface area is 313 Å². The quantitative estimate of drug-likeness (QED) is 0.166. The van der Waals surface area contributed by atoms with Crippen molar-refractivity contribution in [2.75, 3.05) is 0 Å². The van der Waals surface area contributed by atoms with E-state index in [-0.39, 0.29) is 0 Å². The first-order chi connectivity index (χ1) is 26.7. The van der Waals surface area contributed by atoms with Gasteiger partial charge in [-0.15, -0.1) is 0 Å². The van der Waals surface area contributed by atoms with Gasteiger partial charge in [0.15, 0.2) is 17.5 Å². The van der Waals surface area contributed by atoms with Crippen molar-refractivity contribution in [3.05, 3.63) is 194 Å². The summed E-state index contributed by atoms with van der Waals surface area (Å²) in [5, 5.41) is 10.6. The molecule has 2 aromatic heterocycles. The summed E-state index contributed by atoms with van der Waals surface area (Å²) in [6.45, 7) is 0. The van der Waals surface area contributed by atoms with Crippen molar-refractivity contribution in [2.24, 2.45) is 0 Å². The molecule has 0 aliphatic rings. The van der Waals surface area contributed by atoms with Crippen LogP contribution < -0.4 is 0 Å². The molecule has 0 aliphatic carbocycles. The molecule has 5 heteroatoms. The van der Waals surface area contributed by atoms with Crippen molar-refractivity contribution < 1.29 is 0 Å². The van der Waals surface area contributed by atoms with Gasteiger partial charge in [0.05, 0.1) is 17.1 Å². The number of nitrogens with zero attached hydrogens (tertiary/aromatic N) is 5. The van der Waals surface area contributed by atoms with Crippen molar-refractivity contribution in [2.45, 2.75) is 0 Å². The molecule has 0 unspecified atom stereocenters. The van der Waals surface area contributed by atoms with Crippen molar-refractivity contribution >= 4 is 10.9 Å². The number of pyridine rings is 1. The fraction of sp³-hybridized carbons (Fsp3) is 0. The Morgan fingerprint density at radius 3 is 1.59 bits per heavy atom. The smallest absolute Gasteiger partial charge is 0.164 e. The van der Waals surface area contributed by atoms with E-state index in [1.165, 1.54) is 11.1 Å². The fourth-order valence-corrected chi connectivity index (χ4v) is 6.92. The van der Waals surface area contributed by atoms with Crippen LogP contribution in [0.25, 0.3) is 89.6 Å². The van der Waals surface area contributed by atoms with Crippen LogP contribution in [-0.4, -0.2) is 19.9 Å². The zero-order chi connectivity index (χ0) is 36.3. The lowest BCUT2D eigenvalue weighted by Gasteiger charge is -2.15. The first-order valence-corrected chi connectivity index (χ1v) is 17.8. The summed E-state index contributed by atoms with van der Waals surface area (Å²) >= 11 is 0. The lowest BCUT2D eigenvalue weighted by atomic mass is 9.90. The molecule has 54 heavy (non-hydrogen) atoms. The Bertz CT molecular complexity index is 2810. The summed E-state index contributed by atoms with van der Waals surface area (Å²) < 4.78 is 0. The van der Waals surface area contributed by atoms with Gasteiger partial charge in [-0.25, -0.2) is 15.0 Å². The topological polar surface area (TPSA) is 75.3 Å². The molecule has 9 aromatic rings. The van der Waals surface area contributed by atoms with E-state index < -0.39 is 0 Å². The summed E-state index contributed by atoms with van der Waals surface area (Å²) in [4.78, 5) is 19.7. The summed E-state index contributed by atoms with van der Waals surface area (Å²) in [6, 6.07) is 64.0.